The Morgan fingerprint density at radius 2 is 2.12 bits per heavy atom. The van der Waals surface area contributed by atoms with E-state index in [4.69, 9.17) is 4.74 Å². The molecule has 1 aliphatic carbocycles. The highest BCUT2D eigenvalue weighted by Crippen LogP contribution is 2.36. The number of rotatable bonds is 2. The van der Waals surface area contributed by atoms with Gasteiger partial charge in [-0.05, 0) is 66.3 Å². The van der Waals surface area contributed by atoms with Crippen LogP contribution in [0.25, 0.3) is 0 Å². The second-order valence-corrected chi connectivity index (χ2v) is 7.96. The Kier molecular flexibility index (Phi) is 4.04. The number of thiophene rings is 1. The van der Waals surface area contributed by atoms with Crippen LogP contribution in [0.4, 0.5) is 0 Å². The Hall–Kier alpha value is 0.350. The van der Waals surface area contributed by atoms with Crippen molar-refractivity contribution in [3.8, 4) is 0 Å². The van der Waals surface area contributed by atoms with Gasteiger partial charge in [-0.2, -0.15) is 0 Å². The van der Waals surface area contributed by atoms with Crippen molar-refractivity contribution in [1.82, 2.24) is 5.32 Å². The predicted molar refractivity (Wildman–Crippen MR) is 79.7 cm³/mol. The van der Waals surface area contributed by atoms with Crippen LogP contribution in [-0.4, -0.2) is 19.3 Å². The number of nitrogens with one attached hydrogen (secondary N) is 1. The quantitative estimate of drug-likeness (QED) is 0.813. The van der Waals surface area contributed by atoms with E-state index in [2.05, 4.69) is 34.0 Å². The van der Waals surface area contributed by atoms with Gasteiger partial charge in [-0.3, -0.25) is 0 Å². The Balaban J connectivity index is 1.71. The summed E-state index contributed by atoms with van der Waals surface area (Å²) in [6.07, 6.45) is 6.27. The lowest BCUT2D eigenvalue weighted by Crippen LogP contribution is -2.38. The number of ether oxygens (including phenoxy) is 1. The van der Waals surface area contributed by atoms with Gasteiger partial charge in [0, 0.05) is 30.2 Å². The summed E-state index contributed by atoms with van der Waals surface area (Å²) >= 11 is 4.43. The third-order valence-corrected chi connectivity index (χ3v) is 5.71. The zero-order chi connectivity index (χ0) is 11.7. The van der Waals surface area contributed by atoms with E-state index in [1.807, 2.05) is 11.3 Å². The zero-order valence-electron chi connectivity index (χ0n) is 9.88. The van der Waals surface area contributed by atoms with Crippen molar-refractivity contribution in [2.45, 2.75) is 44.2 Å². The van der Waals surface area contributed by atoms with Gasteiger partial charge in [0.2, 0.25) is 0 Å². The van der Waals surface area contributed by atoms with Crippen LogP contribution >= 0.6 is 33.9 Å². The third kappa shape index (κ3) is 2.85. The van der Waals surface area contributed by atoms with E-state index in [0.717, 1.165) is 13.2 Å². The molecule has 2 heterocycles. The molecule has 0 aromatic carbocycles. The van der Waals surface area contributed by atoms with E-state index in [0.29, 0.717) is 12.1 Å². The van der Waals surface area contributed by atoms with E-state index in [-0.39, 0.29) is 0 Å². The molecule has 1 atom stereocenters. The van der Waals surface area contributed by atoms with Crippen molar-refractivity contribution in [2.24, 2.45) is 0 Å². The molecule has 94 valence electrons. The molecule has 1 N–H and O–H groups in total. The Labute approximate surface area is 120 Å². The maximum absolute atomic E-state index is 5.42. The van der Waals surface area contributed by atoms with Crippen molar-refractivity contribution in [2.75, 3.05) is 13.2 Å². The molecule has 0 bridgehead atoms. The van der Waals surface area contributed by atoms with Gasteiger partial charge >= 0.3 is 0 Å². The molecule has 1 aromatic rings. The minimum atomic E-state index is 0.599. The summed E-state index contributed by atoms with van der Waals surface area (Å²) < 4.78 is 6.86. The highest BCUT2D eigenvalue weighted by Gasteiger charge is 2.25. The van der Waals surface area contributed by atoms with Gasteiger partial charge in [0.05, 0.1) is 2.88 Å². The van der Waals surface area contributed by atoms with Crippen molar-refractivity contribution < 1.29 is 4.74 Å². The van der Waals surface area contributed by atoms with E-state index < -0.39 is 0 Å². The van der Waals surface area contributed by atoms with Gasteiger partial charge in [0.25, 0.3) is 0 Å². The minimum absolute atomic E-state index is 0.599. The van der Waals surface area contributed by atoms with E-state index in [1.54, 1.807) is 10.4 Å². The molecule has 1 aromatic heterocycles. The number of hydrogen-bond acceptors (Lipinski definition) is 3. The molecule has 0 saturated carbocycles. The maximum atomic E-state index is 5.42. The molecular weight excluding hydrogens is 345 g/mol. The van der Waals surface area contributed by atoms with E-state index >= 15 is 0 Å². The second-order valence-electron chi connectivity index (χ2n) is 4.93. The lowest BCUT2D eigenvalue weighted by atomic mass is 9.92. The molecule has 0 spiro atoms. The van der Waals surface area contributed by atoms with Crippen LogP contribution in [0.1, 0.15) is 42.2 Å². The monoisotopic (exact) mass is 363 g/mol. The maximum Gasteiger partial charge on any atom is 0.0659 e. The summed E-state index contributed by atoms with van der Waals surface area (Å²) in [5.41, 5.74) is 1.58. The van der Waals surface area contributed by atoms with Crippen LogP contribution in [-0.2, 0) is 11.2 Å². The first kappa shape index (κ1) is 12.4. The standard InChI is InChI=1S/C13H18INOS/c14-13-8-10-11(2-1-3-12(10)17-13)15-9-4-6-16-7-5-9/h8-9,11,15H,1-7H2. The number of hydrogen-bond donors (Lipinski definition) is 1. The fourth-order valence-electron chi connectivity index (χ4n) is 2.84. The van der Waals surface area contributed by atoms with Crippen LogP contribution in [0.3, 0.4) is 0 Å². The third-order valence-electron chi connectivity index (χ3n) is 3.74. The summed E-state index contributed by atoms with van der Waals surface area (Å²) in [6, 6.07) is 3.65. The molecule has 1 aliphatic heterocycles. The molecule has 3 rings (SSSR count). The smallest absolute Gasteiger partial charge is 0.0659 e. The fourth-order valence-corrected chi connectivity index (χ4v) is 4.96. The van der Waals surface area contributed by atoms with Crippen LogP contribution in [0, 0.1) is 2.88 Å². The van der Waals surface area contributed by atoms with Crippen molar-refractivity contribution in [1.29, 1.82) is 0 Å². The Morgan fingerprint density at radius 3 is 2.94 bits per heavy atom. The molecular formula is C13H18INOS. The first-order valence-electron chi connectivity index (χ1n) is 6.45. The van der Waals surface area contributed by atoms with Crippen LogP contribution in [0.15, 0.2) is 6.07 Å². The SMILES string of the molecule is Ic1cc2c(s1)CCCC2NC1CCOCC1. The molecule has 1 saturated heterocycles. The highest BCUT2D eigenvalue weighted by molar-refractivity contribution is 14.1. The summed E-state index contributed by atoms with van der Waals surface area (Å²) in [4.78, 5) is 1.62. The molecule has 4 heteroatoms. The lowest BCUT2D eigenvalue weighted by Gasteiger charge is -2.31. The van der Waals surface area contributed by atoms with E-state index in [1.165, 1.54) is 35.0 Å². The summed E-state index contributed by atoms with van der Waals surface area (Å²) in [7, 11) is 0. The van der Waals surface area contributed by atoms with Gasteiger partial charge in [-0.25, -0.2) is 0 Å². The van der Waals surface area contributed by atoms with Gasteiger partial charge in [-0.15, -0.1) is 11.3 Å². The van der Waals surface area contributed by atoms with E-state index in [9.17, 15) is 0 Å². The van der Waals surface area contributed by atoms with Crippen molar-refractivity contribution in [3.63, 3.8) is 0 Å². The molecule has 17 heavy (non-hydrogen) atoms. The largest absolute Gasteiger partial charge is 0.381 e. The van der Waals surface area contributed by atoms with Crippen LogP contribution in [0.5, 0.6) is 0 Å². The fraction of sp³-hybridized carbons (Fsp3) is 0.692. The summed E-state index contributed by atoms with van der Waals surface area (Å²) in [5.74, 6) is 0. The van der Waals surface area contributed by atoms with Gasteiger partial charge in [0.15, 0.2) is 0 Å². The first-order valence-corrected chi connectivity index (χ1v) is 8.34. The van der Waals surface area contributed by atoms with Gasteiger partial charge in [0.1, 0.15) is 0 Å². The average molecular weight is 363 g/mol. The van der Waals surface area contributed by atoms with Crippen molar-refractivity contribution >= 4 is 33.9 Å². The molecule has 1 fully saturated rings. The van der Waals surface area contributed by atoms with Crippen LogP contribution in [0.2, 0.25) is 0 Å². The number of aryl methyl sites for hydroxylation is 1. The van der Waals surface area contributed by atoms with Gasteiger partial charge < -0.3 is 10.1 Å². The molecule has 2 nitrogen and oxygen atoms in total. The topological polar surface area (TPSA) is 21.3 Å². The number of fused-ring (bicyclic) bond motifs is 1. The van der Waals surface area contributed by atoms with Crippen LogP contribution < -0.4 is 5.32 Å². The normalized spacial score (nSPS) is 25.8. The Bertz CT molecular complexity index is 387. The predicted octanol–water partition coefficient (Wildman–Crippen LogP) is 3.50. The molecule has 0 amide bonds. The zero-order valence-corrected chi connectivity index (χ0v) is 12.9. The van der Waals surface area contributed by atoms with Crippen molar-refractivity contribution in [3.05, 3.63) is 19.4 Å². The number of halogens is 1. The molecule has 2 aliphatic rings. The Morgan fingerprint density at radius 1 is 1.29 bits per heavy atom. The average Bonchev–Trinajstić information content (AvgIpc) is 2.72. The lowest BCUT2D eigenvalue weighted by molar-refractivity contribution is 0.0741. The second kappa shape index (κ2) is 5.55. The summed E-state index contributed by atoms with van der Waals surface area (Å²) in [6.45, 7) is 1.86. The summed E-state index contributed by atoms with van der Waals surface area (Å²) in [5, 5.41) is 3.85. The minimum Gasteiger partial charge on any atom is -0.381 e. The molecule has 0 radical (unpaired) electrons. The van der Waals surface area contributed by atoms with Gasteiger partial charge in [-0.1, -0.05) is 0 Å². The first-order chi connectivity index (χ1) is 8.33. The molecule has 1 unspecified atom stereocenters. The highest BCUT2D eigenvalue weighted by atomic mass is 127.